The summed E-state index contributed by atoms with van der Waals surface area (Å²) < 4.78 is 1.93. The molecular formula is C17H16Cl2N4O. The summed E-state index contributed by atoms with van der Waals surface area (Å²) in [6.45, 7) is 1.43. The number of β-amino-alcohol motifs (C(OH)–C–C–N with tert-alkyl or cyclic N) is 1. The second-order valence-electron chi connectivity index (χ2n) is 5.97. The minimum atomic E-state index is -0.331. The van der Waals surface area contributed by atoms with Crippen molar-refractivity contribution in [2.24, 2.45) is 0 Å². The third-order valence-corrected chi connectivity index (χ3v) is 5.13. The van der Waals surface area contributed by atoms with E-state index in [-0.39, 0.29) is 6.10 Å². The lowest BCUT2D eigenvalue weighted by Gasteiger charge is -2.31. The van der Waals surface area contributed by atoms with E-state index in [1.165, 1.54) is 0 Å². The Balaban J connectivity index is 1.93. The number of halogens is 2. The predicted octanol–water partition coefficient (Wildman–Crippen LogP) is 3.69. The SMILES string of the molecule is OC1CCCN(c2cc(-n3ccnc3)c3ccc(Cl)c(Cl)c3n2)C1. The van der Waals surface area contributed by atoms with Gasteiger partial charge in [0.1, 0.15) is 5.82 Å². The first-order chi connectivity index (χ1) is 11.6. The molecule has 1 aliphatic rings. The van der Waals surface area contributed by atoms with Crippen molar-refractivity contribution in [1.29, 1.82) is 0 Å². The zero-order valence-electron chi connectivity index (χ0n) is 12.9. The molecule has 5 nitrogen and oxygen atoms in total. The molecule has 1 atom stereocenters. The van der Waals surface area contributed by atoms with Crippen LogP contribution in [-0.4, -0.2) is 38.8 Å². The number of aliphatic hydroxyl groups is 1. The number of aliphatic hydroxyl groups excluding tert-OH is 1. The van der Waals surface area contributed by atoms with Gasteiger partial charge >= 0.3 is 0 Å². The van der Waals surface area contributed by atoms with Gasteiger partial charge in [-0.3, -0.25) is 0 Å². The Bertz CT molecular complexity index is 882. The van der Waals surface area contributed by atoms with Crippen LogP contribution < -0.4 is 4.90 Å². The summed E-state index contributed by atoms with van der Waals surface area (Å²) in [6, 6.07) is 5.70. The molecule has 0 spiro atoms. The number of hydrogen-bond acceptors (Lipinski definition) is 4. The molecule has 0 amide bonds. The lowest BCUT2D eigenvalue weighted by molar-refractivity contribution is 0.154. The highest BCUT2D eigenvalue weighted by molar-refractivity contribution is 6.45. The van der Waals surface area contributed by atoms with Gasteiger partial charge in [-0.15, -0.1) is 0 Å². The van der Waals surface area contributed by atoms with Crippen LogP contribution in [0, 0.1) is 0 Å². The van der Waals surface area contributed by atoms with Crippen LogP contribution in [0.25, 0.3) is 16.6 Å². The average molecular weight is 363 g/mol. The number of imidazole rings is 1. The molecule has 3 heterocycles. The number of nitrogens with zero attached hydrogens (tertiary/aromatic N) is 4. The fraction of sp³-hybridized carbons (Fsp3) is 0.294. The Morgan fingerprint density at radius 1 is 1.25 bits per heavy atom. The molecule has 124 valence electrons. The minimum Gasteiger partial charge on any atom is -0.391 e. The average Bonchev–Trinajstić information content (AvgIpc) is 3.12. The van der Waals surface area contributed by atoms with Crippen molar-refractivity contribution in [3.05, 3.63) is 47.0 Å². The standard InChI is InChI=1S/C17H16Cl2N4O/c18-13-4-3-12-14(23-7-5-20-10-23)8-15(21-17(12)16(13)19)22-6-1-2-11(24)9-22/h3-5,7-8,10-11,24H,1-2,6,9H2. The van der Waals surface area contributed by atoms with E-state index in [0.717, 1.165) is 36.3 Å². The Labute approximate surface area is 149 Å². The van der Waals surface area contributed by atoms with Crippen LogP contribution in [-0.2, 0) is 0 Å². The number of benzene rings is 1. The van der Waals surface area contributed by atoms with Gasteiger partial charge in [-0.2, -0.15) is 0 Å². The van der Waals surface area contributed by atoms with Crippen molar-refractivity contribution in [1.82, 2.24) is 14.5 Å². The molecule has 0 saturated carbocycles. The highest BCUT2D eigenvalue weighted by Crippen LogP contribution is 2.35. The van der Waals surface area contributed by atoms with Crippen LogP contribution >= 0.6 is 23.2 Å². The van der Waals surface area contributed by atoms with E-state index < -0.39 is 0 Å². The molecule has 1 aromatic carbocycles. The zero-order chi connectivity index (χ0) is 16.7. The molecule has 1 unspecified atom stereocenters. The van der Waals surface area contributed by atoms with Gasteiger partial charge in [0.25, 0.3) is 0 Å². The van der Waals surface area contributed by atoms with E-state index in [4.69, 9.17) is 28.2 Å². The molecule has 24 heavy (non-hydrogen) atoms. The smallest absolute Gasteiger partial charge is 0.131 e. The quantitative estimate of drug-likeness (QED) is 0.755. The first-order valence-corrected chi connectivity index (χ1v) is 8.59. The summed E-state index contributed by atoms with van der Waals surface area (Å²) in [4.78, 5) is 10.9. The van der Waals surface area contributed by atoms with E-state index in [1.54, 1.807) is 18.6 Å². The van der Waals surface area contributed by atoms with E-state index in [0.29, 0.717) is 22.1 Å². The number of aromatic nitrogens is 3. The Kier molecular flexibility index (Phi) is 4.08. The molecule has 1 saturated heterocycles. The van der Waals surface area contributed by atoms with Crippen molar-refractivity contribution in [2.75, 3.05) is 18.0 Å². The third kappa shape index (κ3) is 2.73. The van der Waals surface area contributed by atoms with E-state index in [1.807, 2.05) is 22.9 Å². The minimum absolute atomic E-state index is 0.331. The first-order valence-electron chi connectivity index (χ1n) is 7.83. The largest absolute Gasteiger partial charge is 0.391 e. The van der Waals surface area contributed by atoms with Gasteiger partial charge in [-0.1, -0.05) is 23.2 Å². The van der Waals surface area contributed by atoms with E-state index in [2.05, 4.69) is 9.88 Å². The summed E-state index contributed by atoms with van der Waals surface area (Å²) >= 11 is 12.6. The number of anilines is 1. The zero-order valence-corrected chi connectivity index (χ0v) is 14.4. The van der Waals surface area contributed by atoms with Gasteiger partial charge in [0, 0.05) is 36.9 Å². The van der Waals surface area contributed by atoms with Gasteiger partial charge in [-0.25, -0.2) is 9.97 Å². The van der Waals surface area contributed by atoms with E-state index >= 15 is 0 Å². The summed E-state index contributed by atoms with van der Waals surface area (Å²) in [6.07, 6.45) is 6.78. The highest BCUT2D eigenvalue weighted by atomic mass is 35.5. The Morgan fingerprint density at radius 2 is 2.12 bits per heavy atom. The van der Waals surface area contributed by atoms with Crippen molar-refractivity contribution >= 4 is 39.9 Å². The molecule has 3 aromatic rings. The topological polar surface area (TPSA) is 54.2 Å². The fourth-order valence-corrected chi connectivity index (χ4v) is 3.50. The fourth-order valence-electron chi connectivity index (χ4n) is 3.14. The molecule has 0 radical (unpaired) electrons. The molecule has 7 heteroatoms. The molecule has 2 aromatic heterocycles. The molecule has 1 N–H and O–H groups in total. The van der Waals surface area contributed by atoms with Crippen molar-refractivity contribution in [3.63, 3.8) is 0 Å². The number of rotatable bonds is 2. The molecule has 0 bridgehead atoms. The van der Waals surface area contributed by atoms with Crippen LogP contribution in [0.1, 0.15) is 12.8 Å². The van der Waals surface area contributed by atoms with E-state index in [9.17, 15) is 5.11 Å². The van der Waals surface area contributed by atoms with Crippen molar-refractivity contribution in [2.45, 2.75) is 18.9 Å². The maximum atomic E-state index is 9.97. The predicted molar refractivity (Wildman–Crippen MR) is 96.3 cm³/mol. The second-order valence-corrected chi connectivity index (χ2v) is 6.75. The van der Waals surface area contributed by atoms with Gasteiger partial charge in [0.2, 0.25) is 0 Å². The van der Waals surface area contributed by atoms with Crippen LogP contribution in [0.15, 0.2) is 36.9 Å². The Morgan fingerprint density at radius 3 is 2.88 bits per heavy atom. The summed E-state index contributed by atoms with van der Waals surface area (Å²) in [5.41, 5.74) is 1.59. The van der Waals surface area contributed by atoms with Gasteiger partial charge in [0.15, 0.2) is 0 Å². The summed E-state index contributed by atoms with van der Waals surface area (Å²) in [7, 11) is 0. The maximum absolute atomic E-state index is 9.97. The number of fused-ring (bicyclic) bond motifs is 1. The molecule has 1 aliphatic heterocycles. The molecule has 1 fully saturated rings. The monoisotopic (exact) mass is 362 g/mol. The molecule has 0 aliphatic carbocycles. The lowest BCUT2D eigenvalue weighted by Crippen LogP contribution is -2.38. The maximum Gasteiger partial charge on any atom is 0.131 e. The molecular weight excluding hydrogens is 347 g/mol. The van der Waals surface area contributed by atoms with Crippen molar-refractivity contribution in [3.8, 4) is 5.69 Å². The summed E-state index contributed by atoms with van der Waals surface area (Å²) in [5.74, 6) is 0.786. The third-order valence-electron chi connectivity index (χ3n) is 4.34. The van der Waals surface area contributed by atoms with Crippen LogP contribution in [0.5, 0.6) is 0 Å². The number of hydrogen-bond donors (Lipinski definition) is 1. The van der Waals surface area contributed by atoms with Gasteiger partial charge in [0.05, 0.1) is 33.7 Å². The molecule has 4 rings (SSSR count). The summed E-state index contributed by atoms with van der Waals surface area (Å²) in [5, 5.41) is 11.8. The van der Waals surface area contributed by atoms with Crippen LogP contribution in [0.2, 0.25) is 10.0 Å². The van der Waals surface area contributed by atoms with Crippen LogP contribution in [0.4, 0.5) is 5.82 Å². The lowest BCUT2D eigenvalue weighted by atomic mass is 10.1. The van der Waals surface area contributed by atoms with Gasteiger partial charge < -0.3 is 14.6 Å². The van der Waals surface area contributed by atoms with Crippen LogP contribution in [0.3, 0.4) is 0 Å². The highest BCUT2D eigenvalue weighted by Gasteiger charge is 2.21. The number of piperidine rings is 1. The Hall–Kier alpha value is -1.82. The van der Waals surface area contributed by atoms with Crippen molar-refractivity contribution < 1.29 is 5.11 Å². The first kappa shape index (κ1) is 15.7. The second kappa shape index (κ2) is 6.24. The number of pyridine rings is 1. The van der Waals surface area contributed by atoms with Gasteiger partial charge in [-0.05, 0) is 25.0 Å². The normalized spacial score (nSPS) is 18.3.